The van der Waals surface area contributed by atoms with E-state index in [-0.39, 0.29) is 6.61 Å². The number of hydrogen-bond acceptors (Lipinski definition) is 6. The summed E-state index contributed by atoms with van der Waals surface area (Å²) >= 11 is 4.85. The highest BCUT2D eigenvalue weighted by Gasteiger charge is 2.07. The average molecular weight is 421 g/mol. The Morgan fingerprint density at radius 2 is 1.64 bits per heavy atom. The molecule has 7 heteroatoms. The molecule has 5 nitrogen and oxygen atoms in total. The Hall–Kier alpha value is -1.99. The maximum atomic E-state index is 5.65. The molecule has 0 amide bonds. The molecule has 0 fully saturated rings. The van der Waals surface area contributed by atoms with E-state index in [1.807, 2.05) is 55.5 Å². The third-order valence-electron chi connectivity index (χ3n) is 3.22. The summed E-state index contributed by atoms with van der Waals surface area (Å²) in [6.45, 7) is 2.85. The number of aromatic nitrogens is 2. The summed E-state index contributed by atoms with van der Waals surface area (Å²) in [7, 11) is 0. The normalized spacial score (nSPS) is 10.6. The predicted octanol–water partition coefficient (Wildman–Crippen LogP) is 4.89. The molecular formula is C18H17BrN2O3S. The molecule has 0 bridgehead atoms. The largest absolute Gasteiger partial charge is 0.493 e. The zero-order valence-electron chi connectivity index (χ0n) is 13.6. The van der Waals surface area contributed by atoms with Crippen molar-refractivity contribution < 1.29 is 13.9 Å². The van der Waals surface area contributed by atoms with E-state index in [0.29, 0.717) is 17.7 Å². The Bertz CT molecular complexity index is 791. The lowest BCUT2D eigenvalue weighted by Gasteiger charge is -2.04. The van der Waals surface area contributed by atoms with Gasteiger partial charge in [-0.15, -0.1) is 10.2 Å². The topological polar surface area (TPSA) is 57.4 Å². The molecule has 0 unspecified atom stereocenters. The smallest absolute Gasteiger partial charge is 0.276 e. The van der Waals surface area contributed by atoms with Crippen molar-refractivity contribution in [2.75, 3.05) is 12.4 Å². The van der Waals surface area contributed by atoms with Crippen LogP contribution in [0.1, 0.15) is 11.5 Å². The molecule has 1 heterocycles. The van der Waals surface area contributed by atoms with Crippen LogP contribution >= 0.6 is 27.7 Å². The second-order valence-electron chi connectivity index (χ2n) is 5.21. The number of nitrogens with zero attached hydrogens (tertiary/aromatic N) is 2. The number of ether oxygens (including phenoxy) is 2. The van der Waals surface area contributed by atoms with Gasteiger partial charge in [0.15, 0.2) is 6.61 Å². The van der Waals surface area contributed by atoms with Gasteiger partial charge in [-0.25, -0.2) is 0 Å². The first-order chi connectivity index (χ1) is 12.2. The molecule has 0 atom stereocenters. The molecule has 3 rings (SSSR count). The number of benzene rings is 2. The Balaban J connectivity index is 1.39. The van der Waals surface area contributed by atoms with E-state index in [0.717, 1.165) is 21.7 Å². The fourth-order valence-corrected chi connectivity index (χ4v) is 2.81. The zero-order chi connectivity index (χ0) is 17.5. The number of thioether (sulfide) groups is 1. The predicted molar refractivity (Wildman–Crippen MR) is 100 cm³/mol. The van der Waals surface area contributed by atoms with Crippen molar-refractivity contribution >= 4 is 27.7 Å². The van der Waals surface area contributed by atoms with Gasteiger partial charge in [0.05, 0.1) is 6.61 Å². The lowest BCUT2D eigenvalue weighted by atomic mass is 10.2. The van der Waals surface area contributed by atoms with Crippen LogP contribution in [0.2, 0.25) is 0 Å². The fourth-order valence-electron chi connectivity index (χ4n) is 1.95. The minimum atomic E-state index is 0.256. The van der Waals surface area contributed by atoms with Gasteiger partial charge in [-0.1, -0.05) is 45.4 Å². The van der Waals surface area contributed by atoms with Crippen LogP contribution in [0, 0.1) is 6.92 Å². The molecule has 2 aromatic carbocycles. The first-order valence-electron chi connectivity index (χ1n) is 7.72. The van der Waals surface area contributed by atoms with E-state index in [2.05, 4.69) is 26.1 Å². The van der Waals surface area contributed by atoms with Crippen molar-refractivity contribution in [1.82, 2.24) is 10.2 Å². The summed E-state index contributed by atoms with van der Waals surface area (Å²) < 4.78 is 17.8. The quantitative estimate of drug-likeness (QED) is 0.381. The van der Waals surface area contributed by atoms with Gasteiger partial charge >= 0.3 is 0 Å². The van der Waals surface area contributed by atoms with Crippen molar-refractivity contribution in [1.29, 1.82) is 0 Å². The summed E-state index contributed by atoms with van der Waals surface area (Å²) in [4.78, 5) is 0. The van der Waals surface area contributed by atoms with Crippen molar-refractivity contribution in [3.05, 3.63) is 64.5 Å². The van der Waals surface area contributed by atoms with Gasteiger partial charge < -0.3 is 13.9 Å². The van der Waals surface area contributed by atoms with Crippen molar-refractivity contribution in [2.24, 2.45) is 0 Å². The van der Waals surface area contributed by atoms with Crippen LogP contribution in [-0.2, 0) is 6.61 Å². The molecule has 0 aliphatic carbocycles. The highest BCUT2D eigenvalue weighted by molar-refractivity contribution is 9.10. The molecular weight excluding hydrogens is 404 g/mol. The van der Waals surface area contributed by atoms with Gasteiger partial charge in [0.2, 0.25) is 0 Å². The van der Waals surface area contributed by atoms with Crippen molar-refractivity contribution in [3.63, 3.8) is 0 Å². The van der Waals surface area contributed by atoms with Crippen LogP contribution in [0.4, 0.5) is 0 Å². The lowest BCUT2D eigenvalue weighted by molar-refractivity contribution is 0.252. The maximum Gasteiger partial charge on any atom is 0.276 e. The van der Waals surface area contributed by atoms with Crippen LogP contribution in [-0.4, -0.2) is 22.6 Å². The Kier molecular flexibility index (Phi) is 6.36. The SMILES string of the molecule is Cc1ccc(OCc2nnc(SCCOc3ccc(Br)cc3)o2)cc1. The average Bonchev–Trinajstić information content (AvgIpc) is 3.08. The van der Waals surface area contributed by atoms with Gasteiger partial charge in [0.1, 0.15) is 11.5 Å². The summed E-state index contributed by atoms with van der Waals surface area (Å²) in [5.41, 5.74) is 1.19. The van der Waals surface area contributed by atoms with E-state index >= 15 is 0 Å². The number of hydrogen-bond donors (Lipinski definition) is 0. The minimum absolute atomic E-state index is 0.256. The monoisotopic (exact) mass is 420 g/mol. The highest BCUT2D eigenvalue weighted by atomic mass is 79.9. The van der Waals surface area contributed by atoms with Crippen LogP contribution < -0.4 is 9.47 Å². The second kappa shape index (κ2) is 8.92. The zero-order valence-corrected chi connectivity index (χ0v) is 16.0. The fraction of sp³-hybridized carbons (Fsp3) is 0.222. The van der Waals surface area contributed by atoms with Gasteiger partial charge in [-0.05, 0) is 43.3 Å². The standard InChI is InChI=1S/C18H17BrN2O3S/c1-13-2-6-16(7-3-13)23-12-17-20-21-18(24-17)25-11-10-22-15-8-4-14(19)5-9-15/h2-9H,10-12H2,1H3. The molecule has 0 aliphatic rings. The van der Waals surface area contributed by atoms with Gasteiger partial charge in [0, 0.05) is 10.2 Å². The number of halogens is 1. The Labute approximate surface area is 158 Å². The molecule has 0 N–H and O–H groups in total. The highest BCUT2D eigenvalue weighted by Crippen LogP contribution is 2.19. The first kappa shape index (κ1) is 17.8. The molecule has 0 radical (unpaired) electrons. The molecule has 0 saturated heterocycles. The molecule has 0 spiro atoms. The van der Waals surface area contributed by atoms with Gasteiger partial charge in [-0.3, -0.25) is 0 Å². The van der Waals surface area contributed by atoms with Crippen molar-refractivity contribution in [3.8, 4) is 11.5 Å². The number of rotatable bonds is 8. The van der Waals surface area contributed by atoms with E-state index in [1.54, 1.807) is 0 Å². The van der Waals surface area contributed by atoms with Crippen LogP contribution in [0.5, 0.6) is 11.5 Å². The van der Waals surface area contributed by atoms with Gasteiger partial charge in [0.25, 0.3) is 11.1 Å². The third-order valence-corrected chi connectivity index (χ3v) is 4.53. The minimum Gasteiger partial charge on any atom is -0.493 e. The van der Waals surface area contributed by atoms with Crippen LogP contribution in [0.25, 0.3) is 0 Å². The maximum absolute atomic E-state index is 5.65. The summed E-state index contributed by atoms with van der Waals surface area (Å²) in [5, 5.41) is 8.51. The number of aryl methyl sites for hydroxylation is 1. The summed E-state index contributed by atoms with van der Waals surface area (Å²) in [6, 6.07) is 15.6. The first-order valence-corrected chi connectivity index (χ1v) is 9.50. The van der Waals surface area contributed by atoms with Gasteiger partial charge in [-0.2, -0.15) is 0 Å². The Morgan fingerprint density at radius 3 is 2.40 bits per heavy atom. The van der Waals surface area contributed by atoms with Crippen molar-refractivity contribution in [2.45, 2.75) is 18.8 Å². The molecule has 3 aromatic rings. The van der Waals surface area contributed by atoms with E-state index < -0.39 is 0 Å². The molecule has 1 aromatic heterocycles. The lowest BCUT2D eigenvalue weighted by Crippen LogP contribution is -1.99. The molecule has 0 aliphatic heterocycles. The van der Waals surface area contributed by atoms with Crippen LogP contribution in [0.3, 0.4) is 0 Å². The molecule has 130 valence electrons. The Morgan fingerprint density at radius 1 is 0.960 bits per heavy atom. The third kappa shape index (κ3) is 5.79. The molecule has 0 saturated carbocycles. The van der Waals surface area contributed by atoms with E-state index in [4.69, 9.17) is 13.9 Å². The summed E-state index contributed by atoms with van der Waals surface area (Å²) in [5.74, 6) is 2.79. The van der Waals surface area contributed by atoms with E-state index in [9.17, 15) is 0 Å². The van der Waals surface area contributed by atoms with E-state index in [1.165, 1.54) is 17.3 Å². The second-order valence-corrected chi connectivity index (χ2v) is 7.18. The summed E-state index contributed by atoms with van der Waals surface area (Å²) in [6.07, 6.45) is 0. The van der Waals surface area contributed by atoms with Crippen LogP contribution in [0.15, 0.2) is 62.6 Å². The molecule has 25 heavy (non-hydrogen) atoms.